The molecule has 0 amide bonds. The van der Waals surface area contributed by atoms with Crippen LogP contribution >= 0.6 is 0 Å². The molecule has 5 rings (SSSR count). The van der Waals surface area contributed by atoms with E-state index in [2.05, 4.69) is 46.8 Å². The lowest BCUT2D eigenvalue weighted by molar-refractivity contribution is 0.825. The second-order valence-corrected chi connectivity index (χ2v) is 6.91. The van der Waals surface area contributed by atoms with Crippen molar-refractivity contribution in [3.05, 3.63) is 54.2 Å². The topological polar surface area (TPSA) is 107 Å². The van der Waals surface area contributed by atoms with Crippen LogP contribution in [0.2, 0.25) is 0 Å². The van der Waals surface area contributed by atoms with E-state index in [1.54, 1.807) is 6.20 Å². The molecule has 0 aromatic carbocycles. The summed E-state index contributed by atoms with van der Waals surface area (Å²) in [4.78, 5) is 16.5. The van der Waals surface area contributed by atoms with Crippen LogP contribution in [0.5, 0.6) is 0 Å². The van der Waals surface area contributed by atoms with Crippen molar-refractivity contribution in [2.24, 2.45) is 0 Å². The molecule has 0 saturated heterocycles. The van der Waals surface area contributed by atoms with Crippen molar-refractivity contribution in [2.45, 2.75) is 31.7 Å². The summed E-state index contributed by atoms with van der Waals surface area (Å²) in [5, 5.41) is 15.1. The van der Waals surface area contributed by atoms with Gasteiger partial charge in [-0.25, -0.2) is 4.98 Å². The molecule has 4 aromatic rings. The van der Waals surface area contributed by atoms with Gasteiger partial charge in [-0.05, 0) is 38.0 Å². The van der Waals surface area contributed by atoms with Crippen LogP contribution < -0.4 is 10.6 Å². The van der Waals surface area contributed by atoms with Gasteiger partial charge in [0.2, 0.25) is 5.95 Å². The van der Waals surface area contributed by atoms with Crippen LogP contribution in [0.3, 0.4) is 0 Å². The maximum atomic E-state index is 4.53. The third kappa shape index (κ3) is 3.33. The Morgan fingerprint density at radius 2 is 2.07 bits per heavy atom. The number of nitrogens with zero attached hydrogens (tertiary/aromatic N) is 4. The number of hydrogen-bond donors (Lipinski definition) is 4. The van der Waals surface area contributed by atoms with Gasteiger partial charge in [-0.1, -0.05) is 0 Å². The summed E-state index contributed by atoms with van der Waals surface area (Å²) in [7, 11) is 0. The average Bonchev–Trinajstić information content (AvgIpc) is 3.23. The van der Waals surface area contributed by atoms with Crippen molar-refractivity contribution in [3.8, 4) is 0 Å². The standard InChI is InChI=1S/C19H20N8/c1-11(14-8-13-4-6-20-16(13)10-22-14)23-19-21-7-5-17(25-19)24-18-9-15(26-27-18)12-2-3-12/h4-12,20H,2-3H2,1H3,(H3,21,23,24,25,26,27)/t11-/m0/s1. The van der Waals surface area contributed by atoms with E-state index in [0.29, 0.717) is 17.7 Å². The molecule has 1 aliphatic carbocycles. The molecule has 4 N–H and O–H groups in total. The Morgan fingerprint density at radius 3 is 2.96 bits per heavy atom. The third-order valence-corrected chi connectivity index (χ3v) is 4.77. The number of hydrogen-bond acceptors (Lipinski definition) is 6. The maximum absolute atomic E-state index is 4.53. The Balaban J connectivity index is 1.30. The highest BCUT2D eigenvalue weighted by Gasteiger charge is 2.25. The Kier molecular flexibility index (Phi) is 3.74. The number of rotatable bonds is 6. The van der Waals surface area contributed by atoms with Gasteiger partial charge in [-0.3, -0.25) is 10.1 Å². The number of pyridine rings is 1. The van der Waals surface area contributed by atoms with Gasteiger partial charge in [-0.2, -0.15) is 10.1 Å². The minimum Gasteiger partial charge on any atom is -0.360 e. The van der Waals surface area contributed by atoms with Crippen molar-refractivity contribution < 1.29 is 0 Å². The van der Waals surface area contributed by atoms with E-state index in [9.17, 15) is 0 Å². The zero-order valence-electron chi connectivity index (χ0n) is 14.9. The minimum absolute atomic E-state index is 0.0218. The largest absolute Gasteiger partial charge is 0.360 e. The quantitative estimate of drug-likeness (QED) is 0.416. The van der Waals surface area contributed by atoms with Gasteiger partial charge in [0.15, 0.2) is 5.82 Å². The summed E-state index contributed by atoms with van der Waals surface area (Å²) in [5.41, 5.74) is 3.15. The Bertz CT molecular complexity index is 1080. The third-order valence-electron chi connectivity index (χ3n) is 4.77. The smallest absolute Gasteiger partial charge is 0.225 e. The fraction of sp³-hybridized carbons (Fsp3) is 0.263. The first kappa shape index (κ1) is 15.8. The molecule has 27 heavy (non-hydrogen) atoms. The summed E-state index contributed by atoms with van der Waals surface area (Å²) in [6.45, 7) is 2.04. The maximum Gasteiger partial charge on any atom is 0.225 e. The number of aromatic amines is 2. The molecule has 0 radical (unpaired) electrons. The lowest BCUT2D eigenvalue weighted by atomic mass is 10.2. The van der Waals surface area contributed by atoms with Crippen molar-refractivity contribution in [2.75, 3.05) is 10.6 Å². The van der Waals surface area contributed by atoms with Gasteiger partial charge in [0, 0.05) is 35.5 Å². The summed E-state index contributed by atoms with van der Waals surface area (Å²) in [5.74, 6) is 2.65. The molecule has 8 heteroatoms. The summed E-state index contributed by atoms with van der Waals surface area (Å²) >= 11 is 0. The first-order chi connectivity index (χ1) is 13.2. The summed E-state index contributed by atoms with van der Waals surface area (Å²) in [6, 6.07) is 7.95. The van der Waals surface area contributed by atoms with Crippen molar-refractivity contribution >= 4 is 28.5 Å². The van der Waals surface area contributed by atoms with E-state index in [1.165, 1.54) is 18.5 Å². The van der Waals surface area contributed by atoms with Crippen LogP contribution in [-0.2, 0) is 0 Å². The zero-order valence-corrected chi connectivity index (χ0v) is 14.9. The number of fused-ring (bicyclic) bond motifs is 1. The van der Waals surface area contributed by atoms with Crippen molar-refractivity contribution in [3.63, 3.8) is 0 Å². The number of nitrogens with one attached hydrogen (secondary N) is 4. The molecule has 4 heterocycles. The first-order valence-electron chi connectivity index (χ1n) is 9.09. The van der Waals surface area contributed by atoms with Crippen LogP contribution in [0.25, 0.3) is 10.9 Å². The molecular weight excluding hydrogens is 340 g/mol. The van der Waals surface area contributed by atoms with E-state index >= 15 is 0 Å². The summed E-state index contributed by atoms with van der Waals surface area (Å²) < 4.78 is 0. The van der Waals surface area contributed by atoms with Gasteiger partial charge in [0.05, 0.1) is 23.4 Å². The highest BCUT2D eigenvalue weighted by molar-refractivity contribution is 5.78. The van der Waals surface area contributed by atoms with Crippen molar-refractivity contribution in [1.29, 1.82) is 0 Å². The fourth-order valence-corrected chi connectivity index (χ4v) is 3.11. The molecule has 136 valence electrons. The molecule has 0 unspecified atom stereocenters. The molecule has 0 aliphatic heterocycles. The highest BCUT2D eigenvalue weighted by Crippen LogP contribution is 2.39. The van der Waals surface area contributed by atoms with E-state index in [0.717, 1.165) is 22.4 Å². The first-order valence-corrected chi connectivity index (χ1v) is 9.09. The molecule has 1 saturated carbocycles. The van der Waals surface area contributed by atoms with Gasteiger partial charge < -0.3 is 15.6 Å². The predicted molar refractivity (Wildman–Crippen MR) is 104 cm³/mol. The minimum atomic E-state index is -0.0218. The SMILES string of the molecule is C[C@H](Nc1nccc(Nc2cc(C3CC3)[nH]n2)n1)c1cc2cc[nH]c2cn1. The van der Waals surface area contributed by atoms with Gasteiger partial charge >= 0.3 is 0 Å². The fourth-order valence-electron chi connectivity index (χ4n) is 3.11. The van der Waals surface area contributed by atoms with Crippen LogP contribution in [-0.4, -0.2) is 30.1 Å². The van der Waals surface area contributed by atoms with E-state index in [4.69, 9.17) is 0 Å². The predicted octanol–water partition coefficient (Wildman–Crippen LogP) is 3.87. The second-order valence-electron chi connectivity index (χ2n) is 6.91. The lowest BCUT2D eigenvalue weighted by Crippen LogP contribution is -2.11. The highest BCUT2D eigenvalue weighted by atomic mass is 15.2. The normalized spacial score (nSPS) is 15.0. The molecule has 4 aromatic heterocycles. The van der Waals surface area contributed by atoms with Crippen LogP contribution in [0.1, 0.15) is 43.1 Å². The average molecular weight is 360 g/mol. The van der Waals surface area contributed by atoms with Crippen LogP contribution in [0.4, 0.5) is 17.6 Å². The van der Waals surface area contributed by atoms with Gasteiger partial charge in [0.25, 0.3) is 0 Å². The Hall–Kier alpha value is -3.42. The van der Waals surface area contributed by atoms with Crippen LogP contribution in [0, 0.1) is 0 Å². The number of H-pyrrole nitrogens is 2. The van der Waals surface area contributed by atoms with Crippen molar-refractivity contribution in [1.82, 2.24) is 30.1 Å². The Morgan fingerprint density at radius 1 is 1.15 bits per heavy atom. The monoisotopic (exact) mass is 360 g/mol. The van der Waals surface area contributed by atoms with Gasteiger partial charge in [-0.15, -0.1) is 0 Å². The molecule has 1 aliphatic rings. The zero-order chi connectivity index (χ0) is 18.2. The Labute approximate surface area is 155 Å². The molecule has 0 spiro atoms. The second kappa shape index (κ2) is 6.39. The number of anilines is 3. The van der Waals surface area contributed by atoms with E-state index in [-0.39, 0.29) is 6.04 Å². The summed E-state index contributed by atoms with van der Waals surface area (Å²) in [6.07, 6.45) is 7.96. The molecule has 1 fully saturated rings. The lowest BCUT2D eigenvalue weighted by Gasteiger charge is -2.14. The van der Waals surface area contributed by atoms with E-state index in [1.807, 2.05) is 37.5 Å². The molecular formula is C19H20N8. The van der Waals surface area contributed by atoms with E-state index < -0.39 is 0 Å². The molecule has 8 nitrogen and oxygen atoms in total. The van der Waals surface area contributed by atoms with Gasteiger partial charge in [0.1, 0.15) is 5.82 Å². The molecule has 0 bridgehead atoms. The molecule has 1 atom stereocenters. The number of aromatic nitrogens is 6. The van der Waals surface area contributed by atoms with Crippen LogP contribution in [0.15, 0.2) is 42.9 Å².